The highest BCUT2D eigenvalue weighted by Gasteiger charge is 2.08. The van der Waals surface area contributed by atoms with Crippen LogP contribution in [0.2, 0.25) is 0 Å². The van der Waals surface area contributed by atoms with Crippen molar-refractivity contribution in [3.63, 3.8) is 0 Å². The Morgan fingerprint density at radius 2 is 1.74 bits per heavy atom. The second kappa shape index (κ2) is 8.69. The molecule has 1 aromatic carbocycles. The van der Waals surface area contributed by atoms with Gasteiger partial charge in [0.1, 0.15) is 0 Å². The summed E-state index contributed by atoms with van der Waals surface area (Å²) < 4.78 is 0. The smallest absolute Gasteiger partial charge is 0.219 e. The summed E-state index contributed by atoms with van der Waals surface area (Å²) in [5, 5.41) is 0. The summed E-state index contributed by atoms with van der Waals surface area (Å²) >= 11 is 0. The molecule has 1 aromatic rings. The summed E-state index contributed by atoms with van der Waals surface area (Å²) in [5.74, 6) is 0.152. The van der Waals surface area contributed by atoms with Gasteiger partial charge in [0.25, 0.3) is 0 Å². The van der Waals surface area contributed by atoms with Crippen molar-refractivity contribution in [2.24, 2.45) is 15.7 Å². The molecular weight excluding hydrogens is 282 g/mol. The molecule has 3 nitrogen and oxygen atoms in total. The number of hydrogen-bond donors (Lipinski definition) is 1. The van der Waals surface area contributed by atoms with E-state index < -0.39 is 0 Å². The van der Waals surface area contributed by atoms with Gasteiger partial charge >= 0.3 is 0 Å². The normalized spacial score (nSPS) is 13.9. The number of aryl methyl sites for hydroxylation is 1. The molecule has 0 radical (unpaired) electrons. The topological polar surface area (TPSA) is 50.7 Å². The molecule has 1 rings (SSSR count). The molecule has 0 atom stereocenters. The number of hydrogen-bond acceptors (Lipinski definition) is 1. The zero-order valence-corrected chi connectivity index (χ0v) is 14.4. The minimum Gasteiger partial charge on any atom is -0.368 e. The molecule has 0 aliphatic heterocycles. The third-order valence-electron chi connectivity index (χ3n) is 3.36. The van der Waals surface area contributed by atoms with Gasteiger partial charge in [-0.05, 0) is 45.6 Å². The number of nitrogens with two attached hydrogens (primary N) is 1. The van der Waals surface area contributed by atoms with Crippen LogP contribution in [0.3, 0.4) is 0 Å². The molecule has 0 bridgehead atoms. The maximum atomic E-state index is 5.78. The minimum atomic E-state index is 0.152. The highest BCUT2D eigenvalue weighted by molar-refractivity contribution is 5.89. The Kier molecular flexibility index (Phi) is 6.94. The molecule has 0 saturated heterocycles. The molecule has 23 heavy (non-hydrogen) atoms. The van der Waals surface area contributed by atoms with Crippen LogP contribution in [0, 0.1) is 6.92 Å². The van der Waals surface area contributed by atoms with Crippen molar-refractivity contribution in [1.82, 2.24) is 0 Å². The lowest BCUT2D eigenvalue weighted by molar-refractivity contribution is 1.32. The fourth-order valence-electron chi connectivity index (χ4n) is 2.03. The summed E-state index contributed by atoms with van der Waals surface area (Å²) in [6, 6.07) is 8.16. The van der Waals surface area contributed by atoms with E-state index in [1.165, 1.54) is 5.56 Å². The van der Waals surface area contributed by atoms with Crippen LogP contribution in [0.5, 0.6) is 0 Å². The third kappa shape index (κ3) is 5.55. The van der Waals surface area contributed by atoms with E-state index in [4.69, 9.17) is 5.73 Å². The second-order valence-electron chi connectivity index (χ2n) is 5.39. The Balaban J connectivity index is 3.50. The standard InChI is InChI=1S/C20H25N3/c1-7-17(11-8-14(2)3)16(5)19(23-20(21)22-6)18-12-9-15(4)10-13-18/h7-13H,2,6H2,1,3-5H3,(H2,21,23)/b11-8-,17-7?,19-16+. The van der Waals surface area contributed by atoms with Crippen LogP contribution < -0.4 is 5.73 Å². The molecule has 0 aromatic heterocycles. The predicted molar refractivity (Wildman–Crippen MR) is 103 cm³/mol. The van der Waals surface area contributed by atoms with Crippen LogP contribution >= 0.6 is 0 Å². The molecule has 0 saturated carbocycles. The number of nitrogens with zero attached hydrogens (tertiary/aromatic N) is 2. The molecule has 0 fully saturated rings. The largest absolute Gasteiger partial charge is 0.368 e. The summed E-state index contributed by atoms with van der Waals surface area (Å²) in [5.41, 5.74) is 11.8. The molecule has 3 heteroatoms. The van der Waals surface area contributed by atoms with Gasteiger partial charge in [-0.2, -0.15) is 0 Å². The summed E-state index contributed by atoms with van der Waals surface area (Å²) in [6.07, 6.45) is 6.04. The van der Waals surface area contributed by atoms with E-state index in [0.29, 0.717) is 0 Å². The van der Waals surface area contributed by atoms with Crippen molar-refractivity contribution >= 4 is 18.4 Å². The lowest BCUT2D eigenvalue weighted by Crippen LogP contribution is -2.08. The third-order valence-corrected chi connectivity index (χ3v) is 3.36. The highest BCUT2D eigenvalue weighted by Crippen LogP contribution is 2.26. The maximum absolute atomic E-state index is 5.78. The first-order valence-corrected chi connectivity index (χ1v) is 7.48. The lowest BCUT2D eigenvalue weighted by atomic mass is 9.99. The van der Waals surface area contributed by atoms with E-state index in [0.717, 1.165) is 28.0 Å². The molecule has 0 aliphatic rings. The van der Waals surface area contributed by atoms with Crippen molar-refractivity contribution in [1.29, 1.82) is 0 Å². The fraction of sp³-hybridized carbons (Fsp3) is 0.200. The maximum Gasteiger partial charge on any atom is 0.219 e. The van der Waals surface area contributed by atoms with Crippen LogP contribution in [0.1, 0.15) is 31.9 Å². The average molecular weight is 307 g/mol. The summed E-state index contributed by atoms with van der Waals surface area (Å²) in [4.78, 5) is 8.14. The first-order valence-electron chi connectivity index (χ1n) is 7.48. The van der Waals surface area contributed by atoms with E-state index in [-0.39, 0.29) is 5.96 Å². The Hall–Kier alpha value is -2.68. The highest BCUT2D eigenvalue weighted by atomic mass is 15.0. The summed E-state index contributed by atoms with van der Waals surface area (Å²) in [6.45, 7) is 15.4. The SMILES string of the molecule is C=N/C(N)=N\C(=C(/C)C(=CC)/C=C\C(=C)C)c1ccc(C)cc1. The summed E-state index contributed by atoms with van der Waals surface area (Å²) in [7, 11) is 0. The Morgan fingerprint density at radius 3 is 2.22 bits per heavy atom. The van der Waals surface area contributed by atoms with Crippen LogP contribution in [0.15, 0.2) is 75.8 Å². The Labute approximate surface area is 139 Å². The van der Waals surface area contributed by atoms with Gasteiger partial charge in [-0.15, -0.1) is 0 Å². The van der Waals surface area contributed by atoms with Gasteiger partial charge in [-0.25, -0.2) is 9.98 Å². The molecule has 120 valence electrons. The number of guanidine groups is 1. The molecular formula is C20H25N3. The van der Waals surface area contributed by atoms with E-state index in [9.17, 15) is 0 Å². The number of rotatable bonds is 5. The first kappa shape index (κ1) is 18.4. The van der Waals surface area contributed by atoms with Gasteiger partial charge in [0.05, 0.1) is 5.70 Å². The Morgan fingerprint density at radius 1 is 1.13 bits per heavy atom. The van der Waals surface area contributed by atoms with Gasteiger partial charge in [-0.1, -0.05) is 60.2 Å². The van der Waals surface area contributed by atoms with Gasteiger partial charge in [0.2, 0.25) is 5.96 Å². The minimum absolute atomic E-state index is 0.152. The van der Waals surface area contributed by atoms with Gasteiger partial charge < -0.3 is 5.73 Å². The number of aliphatic imine (C=N–C) groups is 2. The van der Waals surface area contributed by atoms with Crippen LogP contribution in [0.25, 0.3) is 5.70 Å². The van der Waals surface area contributed by atoms with E-state index in [1.807, 2.05) is 51.1 Å². The Bertz CT molecular complexity index is 699. The van der Waals surface area contributed by atoms with Crippen molar-refractivity contribution in [2.75, 3.05) is 0 Å². The molecule has 0 unspecified atom stereocenters. The monoisotopic (exact) mass is 307 g/mol. The zero-order chi connectivity index (χ0) is 17.4. The molecule has 2 N–H and O–H groups in total. The lowest BCUT2D eigenvalue weighted by Gasteiger charge is -2.11. The van der Waals surface area contributed by atoms with Gasteiger partial charge in [0, 0.05) is 5.56 Å². The van der Waals surface area contributed by atoms with Crippen LogP contribution in [-0.2, 0) is 0 Å². The van der Waals surface area contributed by atoms with E-state index in [1.54, 1.807) is 0 Å². The predicted octanol–water partition coefficient (Wildman–Crippen LogP) is 4.82. The number of benzene rings is 1. The van der Waals surface area contributed by atoms with Crippen molar-refractivity contribution in [2.45, 2.75) is 27.7 Å². The van der Waals surface area contributed by atoms with Crippen molar-refractivity contribution in [3.8, 4) is 0 Å². The average Bonchev–Trinajstić information content (AvgIpc) is 2.53. The molecule has 0 amide bonds. The second-order valence-corrected chi connectivity index (χ2v) is 5.39. The molecule has 0 heterocycles. The zero-order valence-electron chi connectivity index (χ0n) is 14.4. The molecule has 0 spiro atoms. The van der Waals surface area contributed by atoms with Crippen molar-refractivity contribution < 1.29 is 0 Å². The first-order chi connectivity index (χ1) is 10.9. The fourth-order valence-corrected chi connectivity index (χ4v) is 2.03. The van der Waals surface area contributed by atoms with Gasteiger partial charge in [0.15, 0.2) is 0 Å². The van der Waals surface area contributed by atoms with Crippen LogP contribution in [0.4, 0.5) is 0 Å². The van der Waals surface area contributed by atoms with Gasteiger partial charge in [-0.3, -0.25) is 0 Å². The van der Waals surface area contributed by atoms with E-state index >= 15 is 0 Å². The van der Waals surface area contributed by atoms with E-state index in [2.05, 4.69) is 42.3 Å². The quantitative estimate of drug-likeness (QED) is 0.473. The number of allylic oxidation sites excluding steroid dienone is 6. The molecule has 0 aliphatic carbocycles. The van der Waals surface area contributed by atoms with Crippen molar-refractivity contribution in [3.05, 3.63) is 76.9 Å². The van der Waals surface area contributed by atoms with Crippen LogP contribution in [-0.4, -0.2) is 12.7 Å².